The Labute approximate surface area is 169 Å². The van der Waals surface area contributed by atoms with E-state index in [0.717, 1.165) is 11.1 Å². The number of hydrogen-bond donors (Lipinski definition) is 2. The summed E-state index contributed by atoms with van der Waals surface area (Å²) in [6, 6.07) is 14.6. The third kappa shape index (κ3) is 4.26. The Morgan fingerprint density at radius 1 is 1.07 bits per heavy atom. The molecule has 1 aliphatic heterocycles. The van der Waals surface area contributed by atoms with Crippen LogP contribution in [0, 0.1) is 0 Å². The number of benzene rings is 2. The Bertz CT molecular complexity index is 912. The van der Waals surface area contributed by atoms with E-state index in [1.54, 1.807) is 27.2 Å². The van der Waals surface area contributed by atoms with Crippen LogP contribution in [0.15, 0.2) is 59.8 Å². The average Bonchev–Trinajstić information content (AvgIpc) is 2.71. The highest BCUT2D eigenvalue weighted by Crippen LogP contribution is 2.34. The third-order valence-corrected chi connectivity index (χ3v) is 4.66. The van der Waals surface area contributed by atoms with E-state index in [-0.39, 0.29) is 6.61 Å². The smallest absolute Gasteiger partial charge is 0.338 e. The fourth-order valence-corrected chi connectivity index (χ4v) is 3.32. The van der Waals surface area contributed by atoms with Gasteiger partial charge in [0.1, 0.15) is 6.61 Å². The normalized spacial score (nSPS) is 16.1. The van der Waals surface area contributed by atoms with Gasteiger partial charge in [0.05, 0.1) is 25.8 Å². The van der Waals surface area contributed by atoms with Crippen molar-refractivity contribution in [1.82, 2.24) is 10.6 Å². The van der Waals surface area contributed by atoms with Crippen LogP contribution in [0.5, 0.6) is 11.5 Å². The number of rotatable bonds is 6. The van der Waals surface area contributed by atoms with E-state index in [0.29, 0.717) is 27.9 Å². The van der Waals surface area contributed by atoms with Crippen molar-refractivity contribution in [2.24, 2.45) is 0 Å². The molecule has 0 radical (unpaired) electrons. The van der Waals surface area contributed by atoms with Gasteiger partial charge in [-0.05, 0) is 42.4 Å². The lowest BCUT2D eigenvalue weighted by atomic mass is 9.95. The van der Waals surface area contributed by atoms with Crippen molar-refractivity contribution in [2.45, 2.75) is 19.6 Å². The first-order valence-electron chi connectivity index (χ1n) is 8.74. The van der Waals surface area contributed by atoms with Crippen molar-refractivity contribution < 1.29 is 19.0 Å². The lowest BCUT2D eigenvalue weighted by molar-refractivity contribution is -0.140. The molecule has 1 aliphatic rings. The van der Waals surface area contributed by atoms with Crippen LogP contribution in [-0.2, 0) is 16.1 Å². The second-order valence-electron chi connectivity index (χ2n) is 6.25. The number of carbonyl (C=O) groups excluding carboxylic acids is 1. The van der Waals surface area contributed by atoms with Crippen LogP contribution in [0.4, 0.5) is 0 Å². The van der Waals surface area contributed by atoms with Crippen molar-refractivity contribution in [2.75, 3.05) is 14.2 Å². The van der Waals surface area contributed by atoms with Gasteiger partial charge in [-0.2, -0.15) is 0 Å². The highest BCUT2D eigenvalue weighted by molar-refractivity contribution is 7.80. The Hall–Kier alpha value is -3.06. The van der Waals surface area contributed by atoms with Crippen LogP contribution >= 0.6 is 12.2 Å². The minimum Gasteiger partial charge on any atom is -0.493 e. The van der Waals surface area contributed by atoms with Crippen molar-refractivity contribution in [3.05, 3.63) is 70.9 Å². The third-order valence-electron chi connectivity index (χ3n) is 4.44. The van der Waals surface area contributed by atoms with E-state index in [4.69, 9.17) is 26.4 Å². The highest BCUT2D eigenvalue weighted by atomic mass is 32.1. The van der Waals surface area contributed by atoms with Gasteiger partial charge in [0.25, 0.3) is 0 Å². The topological polar surface area (TPSA) is 68.8 Å². The molecule has 0 bridgehead atoms. The van der Waals surface area contributed by atoms with Crippen molar-refractivity contribution in [3.63, 3.8) is 0 Å². The number of thiocarbonyl (C=S) groups is 1. The summed E-state index contributed by atoms with van der Waals surface area (Å²) in [6.45, 7) is 2.00. The molecular formula is C21H22N2O4S. The minimum atomic E-state index is -0.461. The molecule has 7 heteroatoms. The van der Waals surface area contributed by atoms with E-state index in [2.05, 4.69) is 10.6 Å². The number of esters is 1. The molecular weight excluding hydrogens is 376 g/mol. The fourth-order valence-electron chi connectivity index (χ4n) is 3.05. The summed E-state index contributed by atoms with van der Waals surface area (Å²) in [5.74, 6) is 0.765. The summed E-state index contributed by atoms with van der Waals surface area (Å²) in [4.78, 5) is 12.9. The first-order chi connectivity index (χ1) is 13.5. The van der Waals surface area contributed by atoms with E-state index in [1.807, 2.05) is 42.5 Å². The average molecular weight is 398 g/mol. The summed E-state index contributed by atoms with van der Waals surface area (Å²) < 4.78 is 16.2. The van der Waals surface area contributed by atoms with Gasteiger partial charge in [-0.3, -0.25) is 0 Å². The number of nitrogens with one attached hydrogen (secondary N) is 2. The van der Waals surface area contributed by atoms with Gasteiger partial charge < -0.3 is 24.8 Å². The van der Waals surface area contributed by atoms with Crippen molar-refractivity contribution in [3.8, 4) is 11.5 Å². The predicted octanol–water partition coefficient (Wildman–Crippen LogP) is 3.24. The lowest BCUT2D eigenvalue weighted by Crippen LogP contribution is -2.45. The number of hydrogen-bond acceptors (Lipinski definition) is 5. The second-order valence-corrected chi connectivity index (χ2v) is 6.65. The Morgan fingerprint density at radius 2 is 1.79 bits per heavy atom. The molecule has 1 heterocycles. The first-order valence-corrected chi connectivity index (χ1v) is 9.15. The maximum absolute atomic E-state index is 12.9. The Balaban J connectivity index is 1.89. The van der Waals surface area contributed by atoms with Gasteiger partial charge in [-0.15, -0.1) is 0 Å². The van der Waals surface area contributed by atoms with Crippen LogP contribution in [0.25, 0.3) is 0 Å². The molecule has 0 unspecified atom stereocenters. The van der Waals surface area contributed by atoms with Crippen molar-refractivity contribution >= 4 is 23.3 Å². The quantitative estimate of drug-likeness (QED) is 0.572. The largest absolute Gasteiger partial charge is 0.493 e. The summed E-state index contributed by atoms with van der Waals surface area (Å²) >= 11 is 5.29. The van der Waals surface area contributed by atoms with Crippen LogP contribution in [-0.4, -0.2) is 25.3 Å². The zero-order valence-corrected chi connectivity index (χ0v) is 16.8. The van der Waals surface area contributed by atoms with Crippen molar-refractivity contribution in [1.29, 1.82) is 0 Å². The van der Waals surface area contributed by atoms with E-state index >= 15 is 0 Å². The van der Waals surface area contributed by atoms with Gasteiger partial charge >= 0.3 is 5.97 Å². The predicted molar refractivity (Wildman–Crippen MR) is 110 cm³/mol. The van der Waals surface area contributed by atoms with Crippen LogP contribution in [0.1, 0.15) is 24.1 Å². The van der Waals surface area contributed by atoms with Crippen LogP contribution in [0.3, 0.4) is 0 Å². The zero-order chi connectivity index (χ0) is 20.1. The van der Waals surface area contributed by atoms with Crippen LogP contribution < -0.4 is 20.1 Å². The maximum atomic E-state index is 12.9. The molecule has 28 heavy (non-hydrogen) atoms. The number of allylic oxidation sites excluding steroid dienone is 1. The standard InChI is InChI=1S/C21H22N2O4S/c1-13-18(20(24)27-12-14-7-5-4-6-8-14)19(23-21(28)22-13)15-9-10-16(25-2)17(11-15)26-3/h4-11,19H,12H2,1-3H3,(H2,22,23,28)/t19-/m0/s1. The molecule has 0 saturated heterocycles. The number of methoxy groups -OCH3 is 2. The monoisotopic (exact) mass is 398 g/mol. The first kappa shape index (κ1) is 19.7. The molecule has 0 fully saturated rings. The van der Waals surface area contributed by atoms with E-state index < -0.39 is 12.0 Å². The molecule has 3 rings (SSSR count). The van der Waals surface area contributed by atoms with Gasteiger partial charge in [0.15, 0.2) is 16.6 Å². The Morgan fingerprint density at radius 3 is 2.46 bits per heavy atom. The number of ether oxygens (including phenoxy) is 3. The van der Waals surface area contributed by atoms with Crippen LogP contribution in [0.2, 0.25) is 0 Å². The molecule has 2 aromatic rings. The lowest BCUT2D eigenvalue weighted by Gasteiger charge is -2.30. The summed E-state index contributed by atoms with van der Waals surface area (Å²) in [7, 11) is 3.14. The zero-order valence-electron chi connectivity index (χ0n) is 15.9. The van der Waals surface area contributed by atoms with Gasteiger partial charge in [-0.25, -0.2) is 4.79 Å². The van der Waals surface area contributed by atoms with Gasteiger partial charge in [-0.1, -0.05) is 36.4 Å². The second kappa shape index (κ2) is 8.75. The molecule has 0 spiro atoms. The van der Waals surface area contributed by atoms with E-state index in [9.17, 15) is 4.79 Å². The molecule has 2 aromatic carbocycles. The fraction of sp³-hybridized carbons (Fsp3) is 0.238. The molecule has 2 N–H and O–H groups in total. The Kier molecular flexibility index (Phi) is 6.16. The minimum absolute atomic E-state index is 0.194. The molecule has 0 aliphatic carbocycles. The summed E-state index contributed by atoms with van der Waals surface area (Å²) in [5.41, 5.74) is 2.86. The molecule has 6 nitrogen and oxygen atoms in total. The van der Waals surface area contributed by atoms with E-state index in [1.165, 1.54) is 0 Å². The highest BCUT2D eigenvalue weighted by Gasteiger charge is 2.31. The van der Waals surface area contributed by atoms with Gasteiger partial charge in [0.2, 0.25) is 0 Å². The molecule has 0 amide bonds. The molecule has 0 aromatic heterocycles. The van der Waals surface area contributed by atoms with Gasteiger partial charge in [0, 0.05) is 5.70 Å². The number of carbonyl (C=O) groups is 1. The molecule has 146 valence electrons. The molecule has 1 atom stereocenters. The SMILES string of the molecule is COc1ccc([C@@H]2NC(=S)NC(C)=C2C(=O)OCc2ccccc2)cc1OC. The summed E-state index contributed by atoms with van der Waals surface area (Å²) in [6.07, 6.45) is 0. The molecule has 0 saturated carbocycles. The maximum Gasteiger partial charge on any atom is 0.338 e. The summed E-state index contributed by atoms with van der Waals surface area (Å²) in [5, 5.41) is 6.59.